The molecule has 4 heteroatoms. The van der Waals surface area contributed by atoms with Crippen molar-refractivity contribution in [3.8, 4) is 0 Å². The molecule has 0 aliphatic carbocycles. The molecular weight excluding hydrogens is 188 g/mol. The third-order valence-corrected chi connectivity index (χ3v) is 3.21. The Morgan fingerprint density at radius 2 is 2.07 bits per heavy atom. The lowest BCUT2D eigenvalue weighted by atomic mass is 10.1. The molecule has 1 aromatic rings. The normalized spacial score (nSPS) is 18.2. The van der Waals surface area contributed by atoms with E-state index in [1.807, 2.05) is 11.7 Å². The van der Waals surface area contributed by atoms with Gasteiger partial charge in [0, 0.05) is 20.0 Å². The molecule has 2 heterocycles. The van der Waals surface area contributed by atoms with Gasteiger partial charge in [-0.15, -0.1) is 0 Å². The van der Waals surface area contributed by atoms with Gasteiger partial charge in [0.15, 0.2) is 0 Å². The number of nitrogens with two attached hydrogens (primary N) is 1. The van der Waals surface area contributed by atoms with Crippen LogP contribution < -0.4 is 5.73 Å². The highest BCUT2D eigenvalue weighted by atomic mass is 15.3. The number of piperidine rings is 1. The summed E-state index contributed by atoms with van der Waals surface area (Å²) in [6, 6.07) is 0. The third kappa shape index (κ3) is 2.50. The van der Waals surface area contributed by atoms with Gasteiger partial charge in [0.1, 0.15) is 0 Å². The Labute approximate surface area is 91.1 Å². The molecule has 0 unspecified atom stereocenters. The fraction of sp³-hybridized carbons (Fsp3) is 0.727. The highest BCUT2D eigenvalue weighted by Gasteiger charge is 2.12. The van der Waals surface area contributed by atoms with Crippen LogP contribution in [0, 0.1) is 0 Å². The van der Waals surface area contributed by atoms with Crippen LogP contribution in [0.1, 0.15) is 25.0 Å². The van der Waals surface area contributed by atoms with Gasteiger partial charge in [0.25, 0.3) is 0 Å². The van der Waals surface area contributed by atoms with Gasteiger partial charge in [-0.25, -0.2) is 0 Å². The minimum atomic E-state index is 0.828. The Balaban J connectivity index is 1.87. The SMILES string of the molecule is Cn1ncc(N)c1CCN1CCCCC1. The number of nitrogen functional groups attached to an aromatic ring is 1. The molecule has 0 radical (unpaired) electrons. The van der Waals surface area contributed by atoms with Crippen LogP contribution in [0.3, 0.4) is 0 Å². The van der Waals surface area contributed by atoms with Crippen molar-refractivity contribution in [1.29, 1.82) is 0 Å². The molecule has 0 atom stereocenters. The maximum absolute atomic E-state index is 5.86. The summed E-state index contributed by atoms with van der Waals surface area (Å²) in [4.78, 5) is 2.52. The summed E-state index contributed by atoms with van der Waals surface area (Å²) in [5.74, 6) is 0. The van der Waals surface area contributed by atoms with Gasteiger partial charge >= 0.3 is 0 Å². The van der Waals surface area contributed by atoms with Crippen LogP contribution in [0.5, 0.6) is 0 Å². The van der Waals surface area contributed by atoms with Crippen molar-refractivity contribution in [1.82, 2.24) is 14.7 Å². The number of aromatic nitrogens is 2. The van der Waals surface area contributed by atoms with E-state index >= 15 is 0 Å². The minimum Gasteiger partial charge on any atom is -0.396 e. The van der Waals surface area contributed by atoms with Gasteiger partial charge in [-0.1, -0.05) is 6.42 Å². The lowest BCUT2D eigenvalue weighted by molar-refractivity contribution is 0.230. The van der Waals surface area contributed by atoms with Crippen molar-refractivity contribution in [2.24, 2.45) is 7.05 Å². The molecule has 4 nitrogen and oxygen atoms in total. The maximum atomic E-state index is 5.86. The Kier molecular flexibility index (Phi) is 3.26. The van der Waals surface area contributed by atoms with E-state index in [9.17, 15) is 0 Å². The first-order chi connectivity index (χ1) is 7.27. The van der Waals surface area contributed by atoms with E-state index < -0.39 is 0 Å². The van der Waals surface area contributed by atoms with Crippen molar-refractivity contribution in [2.45, 2.75) is 25.7 Å². The smallest absolute Gasteiger partial charge is 0.0733 e. The van der Waals surface area contributed by atoms with Gasteiger partial charge < -0.3 is 10.6 Å². The molecule has 84 valence electrons. The first kappa shape index (κ1) is 10.5. The van der Waals surface area contributed by atoms with Crippen LogP contribution in [0.2, 0.25) is 0 Å². The van der Waals surface area contributed by atoms with Gasteiger partial charge in [0.2, 0.25) is 0 Å². The molecule has 1 aromatic heterocycles. The van der Waals surface area contributed by atoms with Gasteiger partial charge in [-0.05, 0) is 25.9 Å². The molecule has 1 aliphatic rings. The molecule has 2 N–H and O–H groups in total. The van der Waals surface area contributed by atoms with E-state index in [1.54, 1.807) is 6.20 Å². The van der Waals surface area contributed by atoms with Crippen LogP contribution in [0.4, 0.5) is 5.69 Å². The van der Waals surface area contributed by atoms with Crippen LogP contribution in [-0.2, 0) is 13.5 Å². The lowest BCUT2D eigenvalue weighted by Crippen LogP contribution is -2.31. The molecule has 0 spiro atoms. The van der Waals surface area contributed by atoms with Crippen LogP contribution >= 0.6 is 0 Å². The highest BCUT2D eigenvalue weighted by Crippen LogP contribution is 2.13. The topological polar surface area (TPSA) is 47.1 Å². The standard InChI is InChI=1S/C11H20N4/c1-14-11(10(12)9-13-14)5-8-15-6-3-2-4-7-15/h9H,2-8,12H2,1H3. The molecule has 15 heavy (non-hydrogen) atoms. The summed E-state index contributed by atoms with van der Waals surface area (Å²) in [6.07, 6.45) is 6.85. The number of rotatable bonds is 3. The van der Waals surface area contributed by atoms with Crippen molar-refractivity contribution in [2.75, 3.05) is 25.4 Å². The summed E-state index contributed by atoms with van der Waals surface area (Å²) in [5, 5.41) is 4.15. The second-order valence-electron chi connectivity index (χ2n) is 4.32. The van der Waals surface area contributed by atoms with Gasteiger partial charge in [0.05, 0.1) is 17.6 Å². The molecule has 0 amide bonds. The van der Waals surface area contributed by atoms with Gasteiger partial charge in [-0.2, -0.15) is 5.10 Å². The lowest BCUT2D eigenvalue weighted by Gasteiger charge is -2.26. The summed E-state index contributed by atoms with van der Waals surface area (Å²) >= 11 is 0. The molecule has 1 fully saturated rings. The number of aryl methyl sites for hydroxylation is 1. The molecule has 1 saturated heterocycles. The second-order valence-corrected chi connectivity index (χ2v) is 4.32. The molecule has 0 bridgehead atoms. The predicted octanol–water partition coefficient (Wildman–Crippen LogP) is 1.03. The number of anilines is 1. The van der Waals surface area contributed by atoms with Crippen molar-refractivity contribution in [3.05, 3.63) is 11.9 Å². The van der Waals surface area contributed by atoms with E-state index in [4.69, 9.17) is 5.73 Å². The number of hydrogen-bond acceptors (Lipinski definition) is 3. The average Bonchev–Trinajstić information content (AvgIpc) is 2.58. The zero-order chi connectivity index (χ0) is 10.7. The molecule has 0 aromatic carbocycles. The Hall–Kier alpha value is -1.03. The Morgan fingerprint density at radius 3 is 2.67 bits per heavy atom. The number of nitrogens with zero attached hydrogens (tertiary/aromatic N) is 3. The fourth-order valence-corrected chi connectivity index (χ4v) is 2.23. The fourth-order valence-electron chi connectivity index (χ4n) is 2.23. The third-order valence-electron chi connectivity index (χ3n) is 3.21. The summed E-state index contributed by atoms with van der Waals surface area (Å²) in [6.45, 7) is 3.61. The second kappa shape index (κ2) is 4.66. The Morgan fingerprint density at radius 1 is 1.33 bits per heavy atom. The molecular formula is C11H20N4. The minimum absolute atomic E-state index is 0.828. The summed E-state index contributed by atoms with van der Waals surface area (Å²) < 4.78 is 1.89. The first-order valence-electron chi connectivity index (χ1n) is 5.76. The molecule has 0 saturated carbocycles. The van der Waals surface area contributed by atoms with E-state index in [-0.39, 0.29) is 0 Å². The monoisotopic (exact) mass is 208 g/mol. The van der Waals surface area contributed by atoms with Crippen molar-refractivity contribution in [3.63, 3.8) is 0 Å². The van der Waals surface area contributed by atoms with Crippen molar-refractivity contribution < 1.29 is 0 Å². The van der Waals surface area contributed by atoms with Crippen molar-refractivity contribution >= 4 is 5.69 Å². The Bertz CT molecular complexity index is 293. The zero-order valence-corrected chi connectivity index (χ0v) is 9.45. The largest absolute Gasteiger partial charge is 0.396 e. The van der Waals surface area contributed by atoms with Crippen LogP contribution in [0.25, 0.3) is 0 Å². The zero-order valence-electron chi connectivity index (χ0n) is 9.45. The summed E-state index contributed by atoms with van der Waals surface area (Å²) in [5.41, 5.74) is 7.85. The summed E-state index contributed by atoms with van der Waals surface area (Å²) in [7, 11) is 1.96. The number of hydrogen-bond donors (Lipinski definition) is 1. The van der Waals surface area contributed by atoms with E-state index in [1.165, 1.54) is 38.0 Å². The average molecular weight is 208 g/mol. The van der Waals surface area contributed by atoms with E-state index in [0.717, 1.165) is 18.7 Å². The first-order valence-corrected chi connectivity index (χ1v) is 5.76. The van der Waals surface area contributed by atoms with Crippen LogP contribution in [-0.4, -0.2) is 34.3 Å². The quantitative estimate of drug-likeness (QED) is 0.807. The molecule has 1 aliphatic heterocycles. The number of likely N-dealkylation sites (tertiary alicyclic amines) is 1. The predicted molar refractivity (Wildman–Crippen MR) is 61.6 cm³/mol. The maximum Gasteiger partial charge on any atom is 0.0733 e. The highest BCUT2D eigenvalue weighted by molar-refractivity contribution is 5.40. The van der Waals surface area contributed by atoms with E-state index in [0.29, 0.717) is 0 Å². The van der Waals surface area contributed by atoms with E-state index in [2.05, 4.69) is 10.00 Å². The molecule has 2 rings (SSSR count). The van der Waals surface area contributed by atoms with Gasteiger partial charge in [-0.3, -0.25) is 4.68 Å². The van der Waals surface area contributed by atoms with Crippen LogP contribution in [0.15, 0.2) is 6.20 Å².